The Morgan fingerprint density at radius 3 is 2.30 bits per heavy atom. The predicted molar refractivity (Wildman–Crippen MR) is 288 cm³/mol. The molecule has 4 rings (SSSR count). The van der Waals surface area contributed by atoms with Crippen molar-refractivity contribution in [3.8, 4) is 5.75 Å². The molecule has 3 unspecified atom stereocenters. The van der Waals surface area contributed by atoms with Gasteiger partial charge in [-0.3, -0.25) is 38.6 Å². The number of nitrogens with two attached hydrogens (primary N) is 2. The number of carbonyl (C=O) groups excluding carboxylic acids is 7. The zero-order valence-corrected chi connectivity index (χ0v) is 47.0. The number of aliphatic hydroxyl groups is 3. The van der Waals surface area contributed by atoms with Crippen molar-refractivity contribution in [3.05, 3.63) is 64.0 Å². The minimum absolute atomic E-state index is 0.00285. The number of hydrogen-bond acceptors (Lipinski definition) is 21. The van der Waals surface area contributed by atoms with Gasteiger partial charge >= 0.3 is 12.1 Å². The maximum absolute atomic E-state index is 14.4. The standard InChI is InChI=1S/C52H77N11O19/c1-8-30(4)47(37(76-7)24-40(54)66)60(5)43(69)26-57-50(72)46(29(2)3)61(6)52(75)82-36(32-9-10-35(33-22-38(51(73)74)81-49(32)33)79-45-23-34(65)48(71)39(27-64)80-45)21-31(53)25-56-13-15-62(16-14-58-59-55)44(70)28-78-20-19-77-18-17-63-41(67)11-12-42(63)68/h9-12,22,25,29-30,34,36-37,39,45-48,56,64-65,71H,8,13-21,23-24,26-28,53H2,1-7H3,(H2,54,66)(H,57,72)(H,73,74)/b31-25-/t30?,34-,36?,37-,39-,45-,46+,47?,48-/m1/s1. The number of rotatable bonds is 35. The van der Waals surface area contributed by atoms with E-state index in [1.165, 1.54) is 49.3 Å². The van der Waals surface area contributed by atoms with Gasteiger partial charge in [0.05, 0.1) is 69.6 Å². The van der Waals surface area contributed by atoms with Gasteiger partial charge < -0.3 is 85.2 Å². The number of likely N-dealkylation sites (N-methyl/N-ethyl adjacent to an activating group) is 2. The third-order valence-corrected chi connectivity index (χ3v) is 13.7. The van der Waals surface area contributed by atoms with E-state index in [0.29, 0.717) is 6.42 Å². The maximum atomic E-state index is 14.4. The number of amides is 7. The Morgan fingerprint density at radius 2 is 1.68 bits per heavy atom. The van der Waals surface area contributed by atoms with Crippen LogP contribution in [0.3, 0.4) is 0 Å². The molecule has 7 amide bonds. The number of carbonyl (C=O) groups is 8. The second kappa shape index (κ2) is 32.8. The van der Waals surface area contributed by atoms with Crippen molar-refractivity contribution in [1.29, 1.82) is 0 Å². The molecule has 2 aliphatic rings. The average molecular weight is 1160 g/mol. The van der Waals surface area contributed by atoms with E-state index in [2.05, 4.69) is 20.7 Å². The number of primary amides is 1. The number of imide groups is 1. The fraction of sp³-hybridized carbons (Fsp3) is 0.615. The lowest BCUT2D eigenvalue weighted by atomic mass is 9.91. The van der Waals surface area contributed by atoms with Crippen molar-refractivity contribution < 1.29 is 91.6 Å². The number of hydrogen-bond donors (Lipinski definition) is 8. The van der Waals surface area contributed by atoms with E-state index < -0.39 is 121 Å². The molecule has 1 fully saturated rings. The van der Waals surface area contributed by atoms with E-state index in [9.17, 15) is 58.8 Å². The van der Waals surface area contributed by atoms with Crippen molar-refractivity contribution in [1.82, 2.24) is 30.2 Å². The van der Waals surface area contributed by atoms with Crippen molar-refractivity contribution in [2.75, 3.05) is 93.5 Å². The molecule has 0 saturated carbocycles. The number of carboxylic acid groups (broad SMARTS) is 1. The first-order valence-corrected chi connectivity index (χ1v) is 26.5. The van der Waals surface area contributed by atoms with Crippen LogP contribution in [0.25, 0.3) is 21.4 Å². The van der Waals surface area contributed by atoms with Crippen molar-refractivity contribution in [2.45, 2.75) is 102 Å². The number of methoxy groups -OCH3 is 1. The second-order valence-electron chi connectivity index (χ2n) is 19.8. The lowest BCUT2D eigenvalue weighted by molar-refractivity contribution is -0.229. The van der Waals surface area contributed by atoms with Crippen LogP contribution in [0.15, 0.2) is 51.8 Å². The average Bonchev–Trinajstić information content (AvgIpc) is 4.25. The van der Waals surface area contributed by atoms with Gasteiger partial charge in [0.25, 0.3) is 11.8 Å². The maximum Gasteiger partial charge on any atom is 0.410 e. The van der Waals surface area contributed by atoms with E-state index in [4.69, 9.17) is 49.8 Å². The molecule has 2 aromatic rings. The van der Waals surface area contributed by atoms with Crippen LogP contribution in [0.1, 0.15) is 75.6 Å². The van der Waals surface area contributed by atoms with Gasteiger partial charge in [0, 0.05) is 101 Å². The Labute approximate surface area is 473 Å². The molecule has 2 aliphatic heterocycles. The van der Waals surface area contributed by atoms with Gasteiger partial charge in [-0.15, -0.1) is 0 Å². The highest BCUT2D eigenvalue weighted by molar-refractivity contribution is 6.12. The molecular weight excluding hydrogens is 1080 g/mol. The molecule has 0 spiro atoms. The number of aromatic carboxylic acids is 1. The highest BCUT2D eigenvalue weighted by Crippen LogP contribution is 2.39. The van der Waals surface area contributed by atoms with Crippen LogP contribution in [0, 0.1) is 11.8 Å². The summed E-state index contributed by atoms with van der Waals surface area (Å²) in [7, 11) is 4.23. The Balaban J connectivity index is 1.57. The quantitative estimate of drug-likeness (QED) is 0.0151. The predicted octanol–water partition coefficient (Wildman–Crippen LogP) is 0.230. The summed E-state index contributed by atoms with van der Waals surface area (Å²) in [4.78, 5) is 111. The van der Waals surface area contributed by atoms with Gasteiger partial charge in [-0.05, 0) is 29.5 Å². The summed E-state index contributed by atoms with van der Waals surface area (Å²) < 4.78 is 40.2. The third kappa shape index (κ3) is 19.0. The smallest absolute Gasteiger partial charge is 0.410 e. The van der Waals surface area contributed by atoms with Gasteiger partial charge in [-0.25, -0.2) is 9.59 Å². The van der Waals surface area contributed by atoms with E-state index in [0.717, 1.165) is 28.0 Å². The number of ether oxygens (including phenoxy) is 6. The topological polar surface area (TPSA) is 424 Å². The molecule has 0 radical (unpaired) electrons. The monoisotopic (exact) mass is 1160 g/mol. The Morgan fingerprint density at radius 1 is 0.988 bits per heavy atom. The number of azide groups is 1. The molecule has 1 aromatic heterocycles. The Hall–Kier alpha value is -7.57. The molecule has 0 bridgehead atoms. The largest absolute Gasteiger partial charge is 0.475 e. The molecular formula is C52H77N11O19. The van der Waals surface area contributed by atoms with E-state index >= 15 is 0 Å². The first-order valence-electron chi connectivity index (χ1n) is 26.5. The third-order valence-electron chi connectivity index (χ3n) is 13.7. The fourth-order valence-corrected chi connectivity index (χ4v) is 9.19. The second-order valence-corrected chi connectivity index (χ2v) is 19.8. The van der Waals surface area contributed by atoms with Crippen molar-refractivity contribution in [3.63, 3.8) is 0 Å². The lowest BCUT2D eigenvalue weighted by Crippen LogP contribution is -2.55. The van der Waals surface area contributed by atoms with Crippen LogP contribution in [0.2, 0.25) is 0 Å². The minimum atomic E-state index is -1.49. The SMILES string of the molecule is CCC(C)C([C@@H](CC(N)=O)OC)N(C)C(=O)CNC(=O)[C@H](C(C)C)N(C)C(=O)OC(C/C(N)=C/NCCN(CCN=[N+]=[N-])C(=O)COCCOCCN1C(=O)C=CC1=O)c1ccc(O[C@H]2C[C@@H](O)[C@@H](O)[C@@H](CO)O2)c2cc(C(=O)O)oc12. The Bertz CT molecular complexity index is 2630. The molecule has 1 saturated heterocycles. The summed E-state index contributed by atoms with van der Waals surface area (Å²) in [5.41, 5.74) is 20.9. The fourth-order valence-electron chi connectivity index (χ4n) is 9.19. The van der Waals surface area contributed by atoms with Crippen LogP contribution in [0.4, 0.5) is 4.79 Å². The molecule has 82 heavy (non-hydrogen) atoms. The van der Waals surface area contributed by atoms with Crippen LogP contribution < -0.4 is 26.8 Å². The van der Waals surface area contributed by atoms with Crippen molar-refractivity contribution in [2.24, 2.45) is 28.4 Å². The van der Waals surface area contributed by atoms with Gasteiger partial charge in [-0.2, -0.15) is 0 Å². The number of fused-ring (bicyclic) bond motifs is 1. The lowest BCUT2D eigenvalue weighted by Gasteiger charge is -2.37. The minimum Gasteiger partial charge on any atom is -0.475 e. The van der Waals surface area contributed by atoms with Gasteiger partial charge in [0.2, 0.25) is 35.7 Å². The number of nitrogens with zero attached hydrogens (tertiary/aromatic N) is 7. The zero-order chi connectivity index (χ0) is 60.8. The first kappa shape index (κ1) is 66.9. The number of benzene rings is 1. The normalized spacial score (nSPS) is 19.0. The summed E-state index contributed by atoms with van der Waals surface area (Å²) in [6.07, 6.45) is -4.87. The van der Waals surface area contributed by atoms with Gasteiger partial charge in [0.1, 0.15) is 42.3 Å². The van der Waals surface area contributed by atoms with E-state index in [1.807, 2.05) is 13.8 Å². The van der Waals surface area contributed by atoms with Crippen LogP contribution in [-0.2, 0) is 52.5 Å². The molecule has 0 aliphatic carbocycles. The molecule has 1 aromatic carbocycles. The number of aliphatic hydroxyl groups excluding tert-OH is 3. The summed E-state index contributed by atoms with van der Waals surface area (Å²) in [5, 5.41) is 49.8. The summed E-state index contributed by atoms with van der Waals surface area (Å²) in [6.45, 7) is 5.83. The number of nitrogens with one attached hydrogen (secondary N) is 2. The first-order chi connectivity index (χ1) is 39.0. The zero-order valence-electron chi connectivity index (χ0n) is 47.0. The summed E-state index contributed by atoms with van der Waals surface area (Å²) in [6, 6.07) is 2.10. The van der Waals surface area contributed by atoms with Gasteiger partial charge in [-0.1, -0.05) is 39.2 Å². The van der Waals surface area contributed by atoms with Crippen LogP contribution >= 0.6 is 0 Å². The van der Waals surface area contributed by atoms with Crippen LogP contribution in [-0.4, -0.2) is 224 Å². The Kier molecular flexibility index (Phi) is 26.7. The van der Waals surface area contributed by atoms with Crippen LogP contribution in [0.5, 0.6) is 5.75 Å². The van der Waals surface area contributed by atoms with E-state index in [-0.39, 0.29) is 112 Å². The van der Waals surface area contributed by atoms with E-state index in [1.54, 1.807) is 13.8 Å². The number of furan rings is 1. The molecule has 30 heteroatoms. The van der Waals surface area contributed by atoms with Crippen molar-refractivity contribution >= 4 is 58.5 Å². The highest BCUT2D eigenvalue weighted by atomic mass is 16.7. The molecule has 3 heterocycles. The summed E-state index contributed by atoms with van der Waals surface area (Å²) in [5.74, 6) is -6.01. The molecule has 454 valence electrons. The van der Waals surface area contributed by atoms with Gasteiger partial charge in [0.15, 0.2) is 0 Å². The molecule has 30 nitrogen and oxygen atoms in total. The number of carboxylic acids is 1. The molecule has 9 atom stereocenters. The summed E-state index contributed by atoms with van der Waals surface area (Å²) >= 11 is 0. The molecule has 10 N–H and O–H groups in total. The highest BCUT2D eigenvalue weighted by Gasteiger charge is 2.39.